The molecule has 1 saturated heterocycles. The van der Waals surface area contributed by atoms with E-state index in [9.17, 15) is 9.90 Å². The van der Waals surface area contributed by atoms with E-state index in [1.54, 1.807) is 6.07 Å². The second kappa shape index (κ2) is 6.18. The van der Waals surface area contributed by atoms with Gasteiger partial charge in [-0.2, -0.15) is 0 Å². The monoisotopic (exact) mass is 268 g/mol. The normalized spacial score (nSPS) is 20.0. The van der Waals surface area contributed by atoms with Gasteiger partial charge in [0.05, 0.1) is 12.6 Å². The van der Waals surface area contributed by atoms with Crippen molar-refractivity contribution in [3.8, 4) is 0 Å². The topological polar surface area (TPSA) is 52.6 Å². The molecule has 1 aliphatic rings. The number of carbonyl (C=O) groups is 1. The first-order valence-electron chi connectivity index (χ1n) is 6.05. The molecule has 0 bridgehead atoms. The zero-order valence-corrected chi connectivity index (χ0v) is 10.9. The zero-order chi connectivity index (χ0) is 13.0. The standard InChI is InChI=1S/C13H17ClN2O2/c14-12-4-2-1-3-10(12)7-15-13(18)9-16-6-5-11(17)8-16/h1-4,11,17H,5-9H2,(H,15,18)/t11-/m0/s1. The maximum Gasteiger partial charge on any atom is 0.234 e. The molecule has 1 fully saturated rings. The fourth-order valence-electron chi connectivity index (χ4n) is 2.05. The highest BCUT2D eigenvalue weighted by molar-refractivity contribution is 6.31. The minimum Gasteiger partial charge on any atom is -0.392 e. The molecule has 1 aromatic carbocycles. The van der Waals surface area contributed by atoms with Gasteiger partial charge in [0.15, 0.2) is 0 Å². The third-order valence-corrected chi connectivity index (χ3v) is 3.42. The molecule has 0 saturated carbocycles. The van der Waals surface area contributed by atoms with E-state index in [4.69, 9.17) is 11.6 Å². The SMILES string of the molecule is O=C(CN1CC[C@H](O)C1)NCc1ccccc1Cl. The largest absolute Gasteiger partial charge is 0.392 e. The van der Waals surface area contributed by atoms with E-state index in [0.717, 1.165) is 18.5 Å². The highest BCUT2D eigenvalue weighted by Crippen LogP contribution is 2.14. The van der Waals surface area contributed by atoms with Crippen molar-refractivity contribution in [2.45, 2.75) is 19.1 Å². The third-order valence-electron chi connectivity index (χ3n) is 3.05. The van der Waals surface area contributed by atoms with E-state index in [-0.39, 0.29) is 12.0 Å². The van der Waals surface area contributed by atoms with E-state index in [2.05, 4.69) is 5.32 Å². The van der Waals surface area contributed by atoms with Crippen molar-refractivity contribution in [1.29, 1.82) is 0 Å². The molecule has 1 aromatic rings. The molecule has 0 aliphatic carbocycles. The Morgan fingerprint density at radius 1 is 1.50 bits per heavy atom. The van der Waals surface area contributed by atoms with Crippen LogP contribution in [0.3, 0.4) is 0 Å². The highest BCUT2D eigenvalue weighted by atomic mass is 35.5. The highest BCUT2D eigenvalue weighted by Gasteiger charge is 2.21. The van der Waals surface area contributed by atoms with Gasteiger partial charge in [0.2, 0.25) is 5.91 Å². The van der Waals surface area contributed by atoms with E-state index in [0.29, 0.717) is 24.7 Å². The second-order valence-corrected chi connectivity index (χ2v) is 4.95. The molecule has 1 heterocycles. The summed E-state index contributed by atoms with van der Waals surface area (Å²) in [6, 6.07) is 7.45. The van der Waals surface area contributed by atoms with Gasteiger partial charge >= 0.3 is 0 Å². The Hall–Kier alpha value is -1.10. The smallest absolute Gasteiger partial charge is 0.234 e. The first-order valence-corrected chi connectivity index (χ1v) is 6.43. The predicted molar refractivity (Wildman–Crippen MR) is 70.4 cm³/mol. The summed E-state index contributed by atoms with van der Waals surface area (Å²) in [5.74, 6) is -0.0379. The van der Waals surface area contributed by atoms with E-state index >= 15 is 0 Å². The second-order valence-electron chi connectivity index (χ2n) is 4.55. The number of benzene rings is 1. The lowest BCUT2D eigenvalue weighted by Crippen LogP contribution is -2.36. The molecule has 2 N–H and O–H groups in total. The van der Waals surface area contributed by atoms with Crippen LogP contribution in [0.4, 0.5) is 0 Å². The number of aliphatic hydroxyl groups is 1. The number of hydrogen-bond donors (Lipinski definition) is 2. The third kappa shape index (κ3) is 3.70. The number of amides is 1. The van der Waals surface area contributed by atoms with E-state index < -0.39 is 0 Å². The summed E-state index contributed by atoms with van der Waals surface area (Å²) in [7, 11) is 0. The van der Waals surface area contributed by atoms with Gasteiger partial charge in [0.1, 0.15) is 0 Å². The van der Waals surface area contributed by atoms with Gasteiger partial charge in [-0.15, -0.1) is 0 Å². The van der Waals surface area contributed by atoms with Crippen molar-refractivity contribution < 1.29 is 9.90 Å². The summed E-state index contributed by atoms with van der Waals surface area (Å²) in [5.41, 5.74) is 0.911. The van der Waals surface area contributed by atoms with Crippen LogP contribution in [0.15, 0.2) is 24.3 Å². The lowest BCUT2D eigenvalue weighted by Gasteiger charge is -2.14. The first-order chi connectivity index (χ1) is 8.65. The summed E-state index contributed by atoms with van der Waals surface area (Å²) in [6.07, 6.45) is 0.457. The molecule has 0 unspecified atom stereocenters. The average Bonchev–Trinajstić information content (AvgIpc) is 2.74. The molecular formula is C13H17ClN2O2. The van der Waals surface area contributed by atoms with E-state index in [1.165, 1.54) is 0 Å². The van der Waals surface area contributed by atoms with Gasteiger partial charge in [-0.25, -0.2) is 0 Å². The fourth-order valence-corrected chi connectivity index (χ4v) is 2.25. The fraction of sp³-hybridized carbons (Fsp3) is 0.462. The molecule has 5 heteroatoms. The van der Waals surface area contributed by atoms with Crippen LogP contribution in [0.5, 0.6) is 0 Å². The molecule has 1 atom stereocenters. The minimum atomic E-state index is -0.290. The summed E-state index contributed by atoms with van der Waals surface area (Å²) in [6.45, 7) is 2.14. The van der Waals surface area contributed by atoms with Crippen LogP contribution in [0, 0.1) is 0 Å². The number of rotatable bonds is 4. The minimum absolute atomic E-state index is 0.0379. The molecule has 0 aromatic heterocycles. The maximum absolute atomic E-state index is 11.7. The number of likely N-dealkylation sites (tertiary alicyclic amines) is 1. The first kappa shape index (κ1) is 13.3. The number of aliphatic hydroxyl groups excluding tert-OH is 1. The molecule has 0 spiro atoms. The summed E-state index contributed by atoms with van der Waals surface area (Å²) in [5, 5.41) is 12.9. The Morgan fingerprint density at radius 2 is 2.28 bits per heavy atom. The molecular weight excluding hydrogens is 252 g/mol. The number of β-amino-alcohol motifs (C(OH)–C–C–N with tert-alkyl or cyclic N) is 1. The van der Waals surface area contributed by atoms with Gasteiger partial charge < -0.3 is 10.4 Å². The van der Waals surface area contributed by atoms with Gasteiger partial charge in [-0.3, -0.25) is 9.69 Å². The summed E-state index contributed by atoms with van der Waals surface area (Å²) < 4.78 is 0. The number of nitrogens with zero attached hydrogens (tertiary/aromatic N) is 1. The number of nitrogens with one attached hydrogen (secondary N) is 1. The summed E-state index contributed by atoms with van der Waals surface area (Å²) >= 11 is 6.00. The van der Waals surface area contributed by atoms with Gasteiger partial charge in [-0.05, 0) is 18.1 Å². The van der Waals surface area contributed by atoms with Gasteiger partial charge in [0, 0.05) is 24.7 Å². The van der Waals surface area contributed by atoms with E-state index in [1.807, 2.05) is 23.1 Å². The number of carbonyl (C=O) groups excluding carboxylic acids is 1. The van der Waals surface area contributed by atoms with Crippen molar-refractivity contribution in [2.75, 3.05) is 19.6 Å². The molecule has 98 valence electrons. The summed E-state index contributed by atoms with van der Waals surface area (Å²) in [4.78, 5) is 13.7. The quantitative estimate of drug-likeness (QED) is 0.857. The Morgan fingerprint density at radius 3 is 2.94 bits per heavy atom. The Kier molecular flexibility index (Phi) is 4.58. The van der Waals surface area contributed by atoms with Crippen molar-refractivity contribution >= 4 is 17.5 Å². The van der Waals surface area contributed by atoms with Crippen molar-refractivity contribution in [1.82, 2.24) is 10.2 Å². The number of halogens is 1. The van der Waals surface area contributed by atoms with Gasteiger partial charge in [0.25, 0.3) is 0 Å². The van der Waals surface area contributed by atoms with Crippen molar-refractivity contribution in [3.63, 3.8) is 0 Å². The number of hydrogen-bond acceptors (Lipinski definition) is 3. The van der Waals surface area contributed by atoms with Crippen LogP contribution in [-0.2, 0) is 11.3 Å². The lowest BCUT2D eigenvalue weighted by atomic mass is 10.2. The molecule has 2 rings (SSSR count). The lowest BCUT2D eigenvalue weighted by molar-refractivity contribution is -0.122. The zero-order valence-electron chi connectivity index (χ0n) is 10.1. The van der Waals surface area contributed by atoms with Crippen LogP contribution in [0.1, 0.15) is 12.0 Å². The molecule has 0 radical (unpaired) electrons. The maximum atomic E-state index is 11.7. The van der Waals surface area contributed by atoms with Crippen LogP contribution in [-0.4, -0.2) is 41.7 Å². The predicted octanol–water partition coefficient (Wildman–Crippen LogP) is 1.02. The van der Waals surface area contributed by atoms with Crippen LogP contribution in [0.2, 0.25) is 5.02 Å². The van der Waals surface area contributed by atoms with Crippen molar-refractivity contribution in [2.24, 2.45) is 0 Å². The Balaban J connectivity index is 1.77. The van der Waals surface area contributed by atoms with Crippen molar-refractivity contribution in [3.05, 3.63) is 34.9 Å². The van der Waals surface area contributed by atoms with Gasteiger partial charge in [-0.1, -0.05) is 29.8 Å². The Bertz CT molecular complexity index is 425. The van der Waals surface area contributed by atoms with Crippen LogP contribution < -0.4 is 5.32 Å². The molecule has 1 amide bonds. The average molecular weight is 269 g/mol. The van der Waals surface area contributed by atoms with Crippen LogP contribution in [0.25, 0.3) is 0 Å². The van der Waals surface area contributed by atoms with Crippen LogP contribution >= 0.6 is 11.6 Å². The molecule has 1 aliphatic heterocycles. The Labute approximate surface area is 112 Å². The molecule has 18 heavy (non-hydrogen) atoms. The molecule has 4 nitrogen and oxygen atoms in total.